The monoisotopic (exact) mass is 194 g/mol. The minimum atomic E-state index is -0.603. The Balaban J connectivity index is 2.69. The van der Waals surface area contributed by atoms with Crippen LogP contribution in [0.3, 0.4) is 0 Å². The van der Waals surface area contributed by atoms with Crippen molar-refractivity contribution in [3.63, 3.8) is 0 Å². The maximum atomic E-state index is 9.87. The molecule has 0 aliphatic carbocycles. The first-order valence-corrected chi connectivity index (χ1v) is 4.93. The predicted molar refractivity (Wildman–Crippen MR) is 57.6 cm³/mol. The van der Waals surface area contributed by atoms with E-state index in [1.807, 2.05) is 38.1 Å². The molecule has 0 radical (unpaired) electrons. The van der Waals surface area contributed by atoms with E-state index in [9.17, 15) is 5.11 Å². The highest BCUT2D eigenvalue weighted by atomic mass is 16.5. The normalized spacial score (nSPS) is 14.9. The SMILES string of the molecule is CCC(C)(O)Cc1ccc(OC)cc1. The average molecular weight is 194 g/mol. The van der Waals surface area contributed by atoms with Gasteiger partial charge in [0, 0.05) is 6.42 Å². The Bertz CT molecular complexity index is 275. The van der Waals surface area contributed by atoms with E-state index in [0.29, 0.717) is 6.42 Å². The fraction of sp³-hybridized carbons (Fsp3) is 0.500. The van der Waals surface area contributed by atoms with Crippen molar-refractivity contribution >= 4 is 0 Å². The number of hydrogen-bond donors (Lipinski definition) is 1. The van der Waals surface area contributed by atoms with Gasteiger partial charge in [-0.3, -0.25) is 0 Å². The molecule has 1 aromatic rings. The summed E-state index contributed by atoms with van der Waals surface area (Å²) in [5.74, 6) is 0.852. The van der Waals surface area contributed by atoms with Crippen molar-refractivity contribution in [2.75, 3.05) is 7.11 Å². The molecule has 14 heavy (non-hydrogen) atoms. The maximum Gasteiger partial charge on any atom is 0.118 e. The van der Waals surface area contributed by atoms with E-state index >= 15 is 0 Å². The predicted octanol–water partition coefficient (Wildman–Crippen LogP) is 2.40. The number of benzene rings is 1. The lowest BCUT2D eigenvalue weighted by Gasteiger charge is -2.21. The third kappa shape index (κ3) is 3.04. The molecule has 0 bridgehead atoms. The molecule has 2 nitrogen and oxygen atoms in total. The lowest BCUT2D eigenvalue weighted by Crippen LogP contribution is -2.25. The van der Waals surface area contributed by atoms with Crippen molar-refractivity contribution in [1.29, 1.82) is 0 Å². The zero-order valence-electron chi connectivity index (χ0n) is 9.08. The maximum absolute atomic E-state index is 9.87. The summed E-state index contributed by atoms with van der Waals surface area (Å²) in [6.07, 6.45) is 1.45. The third-order valence-corrected chi connectivity index (χ3v) is 2.51. The summed E-state index contributed by atoms with van der Waals surface area (Å²) in [7, 11) is 1.65. The minimum absolute atomic E-state index is 0.603. The van der Waals surface area contributed by atoms with Crippen LogP contribution in [0.2, 0.25) is 0 Å². The molecule has 0 heterocycles. The van der Waals surface area contributed by atoms with Gasteiger partial charge in [0.25, 0.3) is 0 Å². The van der Waals surface area contributed by atoms with Crippen LogP contribution in [0.25, 0.3) is 0 Å². The molecule has 0 aromatic heterocycles. The number of ether oxygens (including phenoxy) is 1. The zero-order valence-corrected chi connectivity index (χ0v) is 9.08. The van der Waals surface area contributed by atoms with E-state index in [1.54, 1.807) is 7.11 Å². The van der Waals surface area contributed by atoms with Crippen molar-refractivity contribution in [2.24, 2.45) is 0 Å². The molecule has 0 amide bonds. The summed E-state index contributed by atoms with van der Waals surface area (Å²) in [5, 5.41) is 9.87. The van der Waals surface area contributed by atoms with E-state index in [-0.39, 0.29) is 0 Å². The van der Waals surface area contributed by atoms with Crippen LogP contribution >= 0.6 is 0 Å². The fourth-order valence-corrected chi connectivity index (χ4v) is 1.31. The largest absolute Gasteiger partial charge is 0.497 e. The van der Waals surface area contributed by atoms with Crippen LogP contribution in [0.15, 0.2) is 24.3 Å². The molecule has 1 rings (SSSR count). The Morgan fingerprint density at radius 1 is 1.29 bits per heavy atom. The van der Waals surface area contributed by atoms with Crippen LogP contribution in [-0.2, 0) is 6.42 Å². The molecule has 1 N–H and O–H groups in total. The number of rotatable bonds is 4. The molecule has 0 saturated carbocycles. The molecule has 1 atom stereocenters. The average Bonchev–Trinajstić information content (AvgIpc) is 2.19. The van der Waals surface area contributed by atoms with Gasteiger partial charge in [0.15, 0.2) is 0 Å². The van der Waals surface area contributed by atoms with Crippen molar-refractivity contribution in [3.8, 4) is 5.75 Å². The Kier molecular flexibility index (Phi) is 3.53. The summed E-state index contributed by atoms with van der Waals surface area (Å²) in [5.41, 5.74) is 0.534. The first kappa shape index (κ1) is 11.1. The van der Waals surface area contributed by atoms with Gasteiger partial charge in [0.05, 0.1) is 12.7 Å². The second-order valence-electron chi connectivity index (χ2n) is 3.88. The minimum Gasteiger partial charge on any atom is -0.497 e. The van der Waals surface area contributed by atoms with Gasteiger partial charge in [-0.15, -0.1) is 0 Å². The molecule has 0 fully saturated rings. The Morgan fingerprint density at radius 2 is 1.86 bits per heavy atom. The van der Waals surface area contributed by atoms with Crippen LogP contribution in [0.5, 0.6) is 5.75 Å². The van der Waals surface area contributed by atoms with Crippen LogP contribution in [0.1, 0.15) is 25.8 Å². The van der Waals surface area contributed by atoms with Crippen LogP contribution in [0.4, 0.5) is 0 Å². The first-order chi connectivity index (χ1) is 6.57. The third-order valence-electron chi connectivity index (χ3n) is 2.51. The van der Waals surface area contributed by atoms with Gasteiger partial charge in [-0.2, -0.15) is 0 Å². The molecular formula is C12H18O2. The van der Waals surface area contributed by atoms with Crippen molar-refractivity contribution in [3.05, 3.63) is 29.8 Å². The highest BCUT2D eigenvalue weighted by Gasteiger charge is 2.17. The van der Waals surface area contributed by atoms with Crippen LogP contribution < -0.4 is 4.74 Å². The second-order valence-corrected chi connectivity index (χ2v) is 3.88. The fourth-order valence-electron chi connectivity index (χ4n) is 1.31. The highest BCUT2D eigenvalue weighted by Crippen LogP contribution is 2.18. The summed E-state index contributed by atoms with van der Waals surface area (Å²) < 4.78 is 5.06. The molecule has 1 aromatic carbocycles. The molecule has 2 heteroatoms. The lowest BCUT2D eigenvalue weighted by atomic mass is 9.94. The molecule has 0 aliphatic heterocycles. The van der Waals surface area contributed by atoms with Crippen LogP contribution in [-0.4, -0.2) is 17.8 Å². The molecule has 1 unspecified atom stereocenters. The highest BCUT2D eigenvalue weighted by molar-refractivity contribution is 5.27. The molecule has 0 aliphatic rings. The van der Waals surface area contributed by atoms with Gasteiger partial charge >= 0.3 is 0 Å². The van der Waals surface area contributed by atoms with Gasteiger partial charge in [-0.25, -0.2) is 0 Å². The molecule has 0 saturated heterocycles. The number of aliphatic hydroxyl groups is 1. The van der Waals surface area contributed by atoms with Crippen molar-refractivity contribution in [1.82, 2.24) is 0 Å². The first-order valence-electron chi connectivity index (χ1n) is 4.93. The Morgan fingerprint density at radius 3 is 2.29 bits per heavy atom. The van der Waals surface area contributed by atoms with Crippen LogP contribution in [0, 0.1) is 0 Å². The van der Waals surface area contributed by atoms with Crippen molar-refractivity contribution < 1.29 is 9.84 Å². The topological polar surface area (TPSA) is 29.5 Å². The van der Waals surface area contributed by atoms with E-state index in [0.717, 1.165) is 17.7 Å². The molecule has 0 spiro atoms. The van der Waals surface area contributed by atoms with Gasteiger partial charge < -0.3 is 9.84 Å². The summed E-state index contributed by atoms with van der Waals surface area (Å²) in [6.45, 7) is 3.85. The van der Waals surface area contributed by atoms with E-state index in [1.165, 1.54) is 0 Å². The second kappa shape index (κ2) is 4.47. The number of hydrogen-bond acceptors (Lipinski definition) is 2. The van der Waals surface area contributed by atoms with Gasteiger partial charge in [-0.05, 0) is 31.0 Å². The van der Waals surface area contributed by atoms with E-state index in [4.69, 9.17) is 4.74 Å². The molecule has 78 valence electrons. The van der Waals surface area contributed by atoms with Gasteiger partial charge in [-0.1, -0.05) is 19.1 Å². The van der Waals surface area contributed by atoms with E-state index in [2.05, 4.69) is 0 Å². The smallest absolute Gasteiger partial charge is 0.118 e. The number of methoxy groups -OCH3 is 1. The standard InChI is InChI=1S/C12H18O2/c1-4-12(2,13)9-10-5-7-11(14-3)8-6-10/h5-8,13H,4,9H2,1-3H3. The Labute approximate surface area is 85.5 Å². The van der Waals surface area contributed by atoms with E-state index < -0.39 is 5.60 Å². The zero-order chi connectivity index (χ0) is 10.6. The summed E-state index contributed by atoms with van der Waals surface area (Å²) in [6, 6.07) is 7.81. The lowest BCUT2D eigenvalue weighted by molar-refractivity contribution is 0.0564. The summed E-state index contributed by atoms with van der Waals surface area (Å²) >= 11 is 0. The Hall–Kier alpha value is -1.02. The summed E-state index contributed by atoms with van der Waals surface area (Å²) in [4.78, 5) is 0. The quantitative estimate of drug-likeness (QED) is 0.797. The molecular weight excluding hydrogens is 176 g/mol. The van der Waals surface area contributed by atoms with Gasteiger partial charge in [0.1, 0.15) is 5.75 Å². The van der Waals surface area contributed by atoms with Crippen molar-refractivity contribution in [2.45, 2.75) is 32.3 Å². The van der Waals surface area contributed by atoms with Gasteiger partial charge in [0.2, 0.25) is 0 Å².